The maximum absolute atomic E-state index is 12.3. The molecule has 0 saturated carbocycles. The van der Waals surface area contributed by atoms with Gasteiger partial charge in [-0.15, -0.1) is 0 Å². The number of nitrogens with zero attached hydrogens (tertiary/aromatic N) is 1. The molecule has 0 radical (unpaired) electrons. The molecule has 1 heterocycles. The van der Waals surface area contributed by atoms with Crippen molar-refractivity contribution in [2.75, 3.05) is 18.4 Å². The third-order valence-electron chi connectivity index (χ3n) is 4.48. The number of rotatable bonds is 5. The molecule has 3 rings (SSSR count). The van der Waals surface area contributed by atoms with Crippen LogP contribution >= 0.6 is 0 Å². The molecule has 0 aliphatic carbocycles. The zero-order chi connectivity index (χ0) is 18.2. The Hall–Kier alpha value is -2.82. The lowest BCUT2D eigenvalue weighted by molar-refractivity contribution is -0.131. The van der Waals surface area contributed by atoms with Gasteiger partial charge < -0.3 is 9.64 Å². The van der Waals surface area contributed by atoms with Gasteiger partial charge in [-0.25, -0.2) is 4.79 Å². The number of likely N-dealkylation sites (tertiary alicyclic amines) is 1. The van der Waals surface area contributed by atoms with Gasteiger partial charge in [0.2, 0.25) is 5.91 Å². The van der Waals surface area contributed by atoms with Crippen LogP contribution in [0.5, 0.6) is 0 Å². The topological polar surface area (TPSA) is 58.6 Å². The molecule has 5 nitrogen and oxygen atoms in total. The average Bonchev–Trinajstić information content (AvgIpc) is 2.69. The molecule has 2 aromatic rings. The summed E-state index contributed by atoms with van der Waals surface area (Å²) in [4.78, 5) is 26.1. The summed E-state index contributed by atoms with van der Waals surface area (Å²) in [6.07, 6.45) is 3.31. The van der Waals surface area contributed by atoms with Crippen LogP contribution in [0.3, 0.4) is 0 Å². The van der Waals surface area contributed by atoms with E-state index in [9.17, 15) is 9.59 Å². The number of anilines is 1. The lowest BCUT2D eigenvalue weighted by Crippen LogP contribution is -2.36. The van der Waals surface area contributed by atoms with E-state index in [0.29, 0.717) is 12.1 Å². The number of hydrogen-bond donors (Lipinski definition) is 1. The molecule has 0 spiro atoms. The minimum absolute atomic E-state index is 0.174. The Morgan fingerprint density at radius 1 is 0.885 bits per heavy atom. The Morgan fingerprint density at radius 3 is 2.27 bits per heavy atom. The predicted octanol–water partition coefficient (Wildman–Crippen LogP) is 3.99. The van der Waals surface area contributed by atoms with Crippen LogP contribution in [0.4, 0.5) is 10.5 Å². The molecule has 1 aliphatic heterocycles. The number of hydrogen-bond acceptors (Lipinski definition) is 3. The summed E-state index contributed by atoms with van der Waals surface area (Å²) < 4.78 is 5.20. The lowest BCUT2D eigenvalue weighted by atomic mass is 10.1. The third kappa shape index (κ3) is 5.34. The summed E-state index contributed by atoms with van der Waals surface area (Å²) in [5.41, 5.74) is 2.54. The molecule has 0 unspecified atom stereocenters. The summed E-state index contributed by atoms with van der Waals surface area (Å²) in [6, 6.07) is 16.9. The van der Waals surface area contributed by atoms with Gasteiger partial charge in [-0.3, -0.25) is 10.1 Å². The monoisotopic (exact) mass is 352 g/mol. The fourth-order valence-corrected chi connectivity index (χ4v) is 3.01. The first-order valence-electron chi connectivity index (χ1n) is 9.05. The number of nitrogens with one attached hydrogen (secondary N) is 1. The van der Waals surface area contributed by atoms with Crippen molar-refractivity contribution in [3.8, 4) is 0 Å². The Morgan fingerprint density at radius 2 is 1.58 bits per heavy atom. The number of benzene rings is 2. The second-order valence-corrected chi connectivity index (χ2v) is 6.50. The number of carbonyl (C=O) groups is 2. The van der Waals surface area contributed by atoms with Crippen molar-refractivity contribution in [3.05, 3.63) is 65.7 Å². The Kier molecular flexibility index (Phi) is 6.25. The van der Waals surface area contributed by atoms with Crippen LogP contribution in [0.2, 0.25) is 0 Å². The lowest BCUT2D eigenvalue weighted by Gasteiger charge is -2.26. The number of amides is 2. The summed E-state index contributed by atoms with van der Waals surface area (Å²) in [7, 11) is 0. The molecule has 1 aliphatic rings. The van der Waals surface area contributed by atoms with Crippen LogP contribution in [-0.2, 0) is 22.6 Å². The summed E-state index contributed by atoms with van der Waals surface area (Å²) in [5.74, 6) is 0.174. The molecule has 26 heavy (non-hydrogen) atoms. The second kappa shape index (κ2) is 9.04. The fraction of sp³-hybridized carbons (Fsp3) is 0.333. The van der Waals surface area contributed by atoms with Gasteiger partial charge in [0, 0.05) is 18.8 Å². The third-order valence-corrected chi connectivity index (χ3v) is 4.48. The second-order valence-electron chi connectivity index (χ2n) is 6.50. The van der Waals surface area contributed by atoms with Gasteiger partial charge in [0.15, 0.2) is 0 Å². The van der Waals surface area contributed by atoms with Crippen molar-refractivity contribution < 1.29 is 14.3 Å². The molecular weight excluding hydrogens is 328 g/mol. The van der Waals surface area contributed by atoms with Crippen LogP contribution in [0.25, 0.3) is 0 Å². The van der Waals surface area contributed by atoms with E-state index in [2.05, 4.69) is 5.32 Å². The largest absolute Gasteiger partial charge is 0.444 e. The van der Waals surface area contributed by atoms with E-state index >= 15 is 0 Å². The highest BCUT2D eigenvalue weighted by atomic mass is 16.5. The minimum Gasteiger partial charge on any atom is -0.444 e. The maximum Gasteiger partial charge on any atom is 0.411 e. The predicted molar refractivity (Wildman–Crippen MR) is 101 cm³/mol. The zero-order valence-corrected chi connectivity index (χ0v) is 14.8. The van der Waals surface area contributed by atoms with E-state index in [1.165, 1.54) is 6.42 Å². The quantitative estimate of drug-likeness (QED) is 0.885. The molecule has 136 valence electrons. The first-order chi connectivity index (χ1) is 12.7. The van der Waals surface area contributed by atoms with Crippen LogP contribution < -0.4 is 5.32 Å². The van der Waals surface area contributed by atoms with Crippen molar-refractivity contribution in [3.63, 3.8) is 0 Å². The van der Waals surface area contributed by atoms with E-state index in [0.717, 1.165) is 37.1 Å². The maximum atomic E-state index is 12.3. The molecule has 5 heteroatoms. The highest BCUT2D eigenvalue weighted by Crippen LogP contribution is 2.14. The van der Waals surface area contributed by atoms with Crippen molar-refractivity contribution in [1.29, 1.82) is 0 Å². The number of piperidine rings is 1. The first-order valence-corrected chi connectivity index (χ1v) is 9.05. The van der Waals surface area contributed by atoms with E-state index < -0.39 is 6.09 Å². The van der Waals surface area contributed by atoms with E-state index in [1.54, 1.807) is 12.1 Å². The van der Waals surface area contributed by atoms with Gasteiger partial charge >= 0.3 is 6.09 Å². The highest BCUT2D eigenvalue weighted by molar-refractivity contribution is 5.85. The molecule has 0 bridgehead atoms. The number of carbonyl (C=O) groups excluding carboxylic acids is 2. The zero-order valence-electron chi connectivity index (χ0n) is 14.8. The summed E-state index contributed by atoms with van der Waals surface area (Å²) in [5, 5.41) is 2.70. The van der Waals surface area contributed by atoms with Crippen LogP contribution in [0, 0.1) is 0 Å². The summed E-state index contributed by atoms with van der Waals surface area (Å²) in [6.45, 7) is 1.96. The molecule has 0 aromatic heterocycles. The van der Waals surface area contributed by atoms with E-state index in [4.69, 9.17) is 4.74 Å². The molecule has 2 aromatic carbocycles. The Balaban J connectivity index is 1.46. The van der Waals surface area contributed by atoms with Crippen LogP contribution in [-0.4, -0.2) is 30.0 Å². The Labute approximate surface area is 154 Å². The van der Waals surface area contributed by atoms with Crippen molar-refractivity contribution >= 4 is 17.7 Å². The van der Waals surface area contributed by atoms with E-state index in [1.807, 2.05) is 47.4 Å². The van der Waals surface area contributed by atoms with Gasteiger partial charge in [-0.1, -0.05) is 42.5 Å². The van der Waals surface area contributed by atoms with Crippen LogP contribution in [0.1, 0.15) is 30.4 Å². The first kappa shape index (κ1) is 18.0. The normalized spacial score (nSPS) is 13.9. The van der Waals surface area contributed by atoms with Crippen LogP contribution in [0.15, 0.2) is 54.6 Å². The molecule has 0 atom stereocenters. The summed E-state index contributed by atoms with van der Waals surface area (Å²) >= 11 is 0. The highest BCUT2D eigenvalue weighted by Gasteiger charge is 2.16. The van der Waals surface area contributed by atoms with Gasteiger partial charge in [-0.2, -0.15) is 0 Å². The molecular formula is C21H24N2O3. The molecule has 1 fully saturated rings. The SMILES string of the molecule is O=C(Nc1ccc(CC(=O)N2CCCCC2)cc1)OCc1ccccc1. The number of ether oxygens (including phenoxy) is 1. The average molecular weight is 352 g/mol. The van der Waals surface area contributed by atoms with Gasteiger partial charge in [-0.05, 0) is 42.5 Å². The standard InChI is InChI=1S/C21H24N2O3/c24-20(23-13-5-2-6-14-23)15-17-9-11-19(12-10-17)22-21(25)26-16-18-7-3-1-4-8-18/h1,3-4,7-12H,2,5-6,13-16H2,(H,22,25). The van der Waals surface area contributed by atoms with Gasteiger partial charge in [0.05, 0.1) is 6.42 Å². The van der Waals surface area contributed by atoms with E-state index in [-0.39, 0.29) is 12.5 Å². The van der Waals surface area contributed by atoms with Crippen molar-refractivity contribution in [1.82, 2.24) is 4.90 Å². The van der Waals surface area contributed by atoms with Crippen molar-refractivity contribution in [2.24, 2.45) is 0 Å². The minimum atomic E-state index is -0.494. The van der Waals surface area contributed by atoms with Crippen molar-refractivity contribution in [2.45, 2.75) is 32.3 Å². The Bertz CT molecular complexity index is 723. The molecule has 1 N–H and O–H groups in total. The fourth-order valence-electron chi connectivity index (χ4n) is 3.01. The molecule has 2 amide bonds. The molecule has 1 saturated heterocycles. The van der Waals surface area contributed by atoms with Gasteiger partial charge in [0.25, 0.3) is 0 Å². The smallest absolute Gasteiger partial charge is 0.411 e. The van der Waals surface area contributed by atoms with Gasteiger partial charge in [0.1, 0.15) is 6.61 Å².